The number of hydrogen-bond donors (Lipinski definition) is 1. The largest absolute Gasteiger partial charge is 0.357 e. The van der Waals surface area contributed by atoms with Crippen LogP contribution in [0.5, 0.6) is 0 Å². The third-order valence-corrected chi connectivity index (χ3v) is 7.33. The van der Waals surface area contributed by atoms with Gasteiger partial charge in [0.2, 0.25) is 21.8 Å². The lowest BCUT2D eigenvalue weighted by Gasteiger charge is -2.33. The molecule has 7 nitrogen and oxygen atoms in total. The van der Waals surface area contributed by atoms with Crippen molar-refractivity contribution in [2.45, 2.75) is 39.8 Å². The Morgan fingerprint density at radius 3 is 2.15 bits per heavy atom. The molecule has 0 heterocycles. The van der Waals surface area contributed by atoms with Gasteiger partial charge in [-0.3, -0.25) is 13.9 Å². The number of nitrogens with zero attached hydrogens (tertiary/aromatic N) is 2. The molecule has 10 heteroatoms. The van der Waals surface area contributed by atoms with Crippen LogP contribution in [0.2, 0.25) is 10.0 Å². The first-order valence-electron chi connectivity index (χ1n) is 10.4. The second kappa shape index (κ2) is 11.2. The fourth-order valence-electron chi connectivity index (χ4n) is 3.43. The van der Waals surface area contributed by atoms with Gasteiger partial charge in [-0.05, 0) is 55.7 Å². The van der Waals surface area contributed by atoms with E-state index in [9.17, 15) is 18.0 Å². The Bertz CT molecular complexity index is 1120. The van der Waals surface area contributed by atoms with Crippen molar-refractivity contribution in [2.24, 2.45) is 0 Å². The maximum absolute atomic E-state index is 13.5. The van der Waals surface area contributed by atoms with Crippen LogP contribution < -0.4 is 9.62 Å². The summed E-state index contributed by atoms with van der Waals surface area (Å²) >= 11 is 12.6. The van der Waals surface area contributed by atoms with E-state index < -0.39 is 28.5 Å². The standard InChI is InChI=1S/C23H29Cl2N3O4S/c1-6-21(23(30)26-4)27(13-18-19(24)8-7-9-20(18)25)22(29)14-28(33(5,31)32)17-11-10-15(2)16(3)12-17/h7-12,21H,6,13-14H2,1-5H3,(H,26,30)/t21-/m1/s1. The van der Waals surface area contributed by atoms with Crippen molar-refractivity contribution in [3.05, 3.63) is 63.1 Å². The van der Waals surface area contributed by atoms with Gasteiger partial charge in [-0.25, -0.2) is 8.42 Å². The normalized spacial score (nSPS) is 12.2. The van der Waals surface area contributed by atoms with Gasteiger partial charge in [0, 0.05) is 29.2 Å². The van der Waals surface area contributed by atoms with E-state index in [2.05, 4.69) is 5.32 Å². The first-order valence-corrected chi connectivity index (χ1v) is 13.0. The second-order valence-electron chi connectivity index (χ2n) is 7.80. The lowest BCUT2D eigenvalue weighted by molar-refractivity contribution is -0.140. The SMILES string of the molecule is CC[C@H](C(=O)NC)N(Cc1c(Cl)cccc1Cl)C(=O)CN(c1ccc(C)c(C)c1)S(C)(=O)=O. The van der Waals surface area contributed by atoms with Crippen LogP contribution in [0, 0.1) is 13.8 Å². The summed E-state index contributed by atoms with van der Waals surface area (Å²) in [6.07, 6.45) is 1.36. The monoisotopic (exact) mass is 513 g/mol. The first-order chi connectivity index (χ1) is 15.4. The molecule has 2 rings (SSSR count). The highest BCUT2D eigenvalue weighted by atomic mass is 35.5. The molecule has 0 saturated heterocycles. The summed E-state index contributed by atoms with van der Waals surface area (Å²) in [5.74, 6) is -0.920. The predicted molar refractivity (Wildman–Crippen MR) is 133 cm³/mol. The van der Waals surface area contributed by atoms with E-state index in [-0.39, 0.29) is 12.5 Å². The van der Waals surface area contributed by atoms with Crippen LogP contribution in [-0.4, -0.2) is 51.0 Å². The number of aryl methyl sites for hydroxylation is 2. The molecular formula is C23H29Cl2N3O4S. The van der Waals surface area contributed by atoms with Crippen LogP contribution >= 0.6 is 23.2 Å². The number of nitrogens with one attached hydrogen (secondary N) is 1. The molecule has 0 aliphatic rings. The Kier molecular flexibility index (Phi) is 9.17. The van der Waals surface area contributed by atoms with Crippen molar-refractivity contribution >= 4 is 50.7 Å². The van der Waals surface area contributed by atoms with Gasteiger partial charge in [-0.15, -0.1) is 0 Å². The second-order valence-corrected chi connectivity index (χ2v) is 10.5. The molecule has 0 fully saturated rings. The minimum atomic E-state index is -3.79. The summed E-state index contributed by atoms with van der Waals surface area (Å²) in [7, 11) is -2.31. The zero-order chi connectivity index (χ0) is 24.9. The highest BCUT2D eigenvalue weighted by Crippen LogP contribution is 2.28. The average Bonchev–Trinajstić information content (AvgIpc) is 2.74. The molecule has 33 heavy (non-hydrogen) atoms. The fourth-order valence-corrected chi connectivity index (χ4v) is 4.79. The number of carbonyl (C=O) groups is 2. The molecule has 2 aromatic rings. The maximum Gasteiger partial charge on any atom is 0.244 e. The minimum absolute atomic E-state index is 0.0478. The summed E-state index contributed by atoms with van der Waals surface area (Å²) in [4.78, 5) is 27.4. The molecule has 0 aliphatic heterocycles. The number of rotatable bonds is 9. The molecule has 0 spiro atoms. The van der Waals surface area contributed by atoms with E-state index in [1.54, 1.807) is 43.3 Å². The van der Waals surface area contributed by atoms with Gasteiger partial charge in [0.1, 0.15) is 12.6 Å². The highest BCUT2D eigenvalue weighted by molar-refractivity contribution is 7.92. The number of likely N-dealkylation sites (N-methyl/N-ethyl adjacent to an activating group) is 1. The van der Waals surface area contributed by atoms with E-state index in [0.717, 1.165) is 21.7 Å². The quantitative estimate of drug-likeness (QED) is 0.550. The lowest BCUT2D eigenvalue weighted by atomic mass is 10.1. The molecule has 0 unspecified atom stereocenters. The molecule has 0 aliphatic carbocycles. The number of hydrogen-bond acceptors (Lipinski definition) is 4. The van der Waals surface area contributed by atoms with Gasteiger partial charge in [0.25, 0.3) is 0 Å². The average molecular weight is 514 g/mol. The van der Waals surface area contributed by atoms with Crippen molar-refractivity contribution in [3.63, 3.8) is 0 Å². The number of halogens is 2. The zero-order valence-corrected chi connectivity index (χ0v) is 21.7. The topological polar surface area (TPSA) is 86.8 Å². The predicted octanol–water partition coefficient (Wildman–Crippen LogP) is 3.93. The van der Waals surface area contributed by atoms with Gasteiger partial charge in [0.15, 0.2) is 0 Å². The number of carbonyl (C=O) groups excluding carboxylic acids is 2. The third kappa shape index (κ3) is 6.62. The van der Waals surface area contributed by atoms with Crippen LogP contribution in [0.15, 0.2) is 36.4 Å². The van der Waals surface area contributed by atoms with E-state index in [0.29, 0.717) is 27.7 Å². The van der Waals surface area contributed by atoms with Crippen molar-refractivity contribution in [3.8, 4) is 0 Å². The van der Waals surface area contributed by atoms with E-state index in [1.165, 1.54) is 11.9 Å². The summed E-state index contributed by atoms with van der Waals surface area (Å²) in [6, 6.07) is 9.30. The van der Waals surface area contributed by atoms with Gasteiger partial charge < -0.3 is 10.2 Å². The molecule has 0 aromatic heterocycles. The number of amides is 2. The summed E-state index contributed by atoms with van der Waals surface area (Å²) in [6.45, 7) is 5.03. The van der Waals surface area contributed by atoms with Gasteiger partial charge in [-0.2, -0.15) is 0 Å². The molecule has 1 N–H and O–H groups in total. The first kappa shape index (κ1) is 27.0. The molecule has 0 saturated carbocycles. The van der Waals surface area contributed by atoms with Crippen LogP contribution in [0.4, 0.5) is 5.69 Å². The third-order valence-electron chi connectivity index (χ3n) is 5.48. The zero-order valence-electron chi connectivity index (χ0n) is 19.4. The van der Waals surface area contributed by atoms with Crippen LogP contribution in [0.25, 0.3) is 0 Å². The van der Waals surface area contributed by atoms with Crippen molar-refractivity contribution in [1.82, 2.24) is 10.2 Å². The minimum Gasteiger partial charge on any atom is -0.357 e. The fraction of sp³-hybridized carbons (Fsp3) is 0.391. The maximum atomic E-state index is 13.5. The van der Waals surface area contributed by atoms with Crippen molar-refractivity contribution in [1.29, 1.82) is 0 Å². The number of anilines is 1. The van der Waals surface area contributed by atoms with E-state index >= 15 is 0 Å². The Morgan fingerprint density at radius 2 is 1.67 bits per heavy atom. The van der Waals surface area contributed by atoms with E-state index in [1.807, 2.05) is 13.8 Å². The molecule has 0 radical (unpaired) electrons. The Labute approximate surface area is 205 Å². The Morgan fingerprint density at radius 1 is 1.06 bits per heavy atom. The molecule has 2 aromatic carbocycles. The van der Waals surface area contributed by atoms with Crippen molar-refractivity contribution < 1.29 is 18.0 Å². The van der Waals surface area contributed by atoms with Crippen LogP contribution in [0.1, 0.15) is 30.0 Å². The van der Waals surface area contributed by atoms with Gasteiger partial charge in [-0.1, -0.05) is 42.3 Å². The van der Waals surface area contributed by atoms with Gasteiger partial charge >= 0.3 is 0 Å². The van der Waals surface area contributed by atoms with Crippen LogP contribution in [0.3, 0.4) is 0 Å². The number of sulfonamides is 1. The van der Waals surface area contributed by atoms with E-state index in [4.69, 9.17) is 23.2 Å². The molecular weight excluding hydrogens is 485 g/mol. The Balaban J connectivity index is 2.51. The van der Waals surface area contributed by atoms with Gasteiger partial charge in [0.05, 0.1) is 11.9 Å². The molecule has 1 atom stereocenters. The number of benzene rings is 2. The smallest absolute Gasteiger partial charge is 0.244 e. The van der Waals surface area contributed by atoms with Crippen molar-refractivity contribution in [2.75, 3.05) is 24.2 Å². The summed E-state index contributed by atoms with van der Waals surface area (Å²) < 4.78 is 26.3. The highest BCUT2D eigenvalue weighted by Gasteiger charge is 2.32. The lowest BCUT2D eigenvalue weighted by Crippen LogP contribution is -2.51. The Hall–Kier alpha value is -2.29. The molecule has 2 amide bonds. The molecule has 0 bridgehead atoms. The summed E-state index contributed by atoms with van der Waals surface area (Å²) in [5, 5.41) is 3.26. The molecule has 180 valence electrons. The van der Waals surface area contributed by atoms with Crippen LogP contribution in [-0.2, 0) is 26.2 Å². The summed E-state index contributed by atoms with van der Waals surface area (Å²) in [5.41, 5.74) is 2.75.